The molecule has 2 heterocycles. The topological polar surface area (TPSA) is 68.2 Å². The number of nitrogens with zero attached hydrogens (tertiary/aromatic N) is 3. The molecule has 0 aliphatic heterocycles. The molecule has 0 bridgehead atoms. The second kappa shape index (κ2) is 7.42. The summed E-state index contributed by atoms with van der Waals surface area (Å²) in [6.07, 6.45) is 5.69. The average molecular weight is 401 g/mol. The van der Waals surface area contributed by atoms with E-state index < -0.39 is 17.8 Å². The molecule has 1 aliphatic rings. The molecule has 1 atom stereocenters. The number of aromatic nitrogens is 3. The third-order valence-electron chi connectivity index (χ3n) is 5.23. The highest BCUT2D eigenvalue weighted by atomic mass is 19.4. The van der Waals surface area contributed by atoms with Crippen LogP contribution in [0, 0.1) is 0 Å². The van der Waals surface area contributed by atoms with E-state index in [1.807, 2.05) is 12.3 Å². The van der Waals surface area contributed by atoms with Gasteiger partial charge < -0.3 is 11.1 Å². The molecule has 3 aromatic rings. The van der Waals surface area contributed by atoms with Crippen LogP contribution >= 0.6 is 0 Å². The van der Waals surface area contributed by atoms with Crippen LogP contribution in [0.2, 0.25) is 0 Å². The lowest BCUT2D eigenvalue weighted by molar-refractivity contribution is -0.137. The Morgan fingerprint density at radius 2 is 2.00 bits per heavy atom. The van der Waals surface area contributed by atoms with Crippen molar-refractivity contribution in [2.24, 2.45) is 0 Å². The smallest absolute Gasteiger partial charge is 0.399 e. The van der Waals surface area contributed by atoms with Crippen molar-refractivity contribution in [3.05, 3.63) is 59.6 Å². The first-order valence-electron chi connectivity index (χ1n) is 9.58. The number of halogens is 3. The van der Waals surface area contributed by atoms with E-state index in [0.29, 0.717) is 11.4 Å². The van der Waals surface area contributed by atoms with E-state index in [2.05, 4.69) is 21.5 Å². The summed E-state index contributed by atoms with van der Waals surface area (Å²) in [5.74, 6) is 0.561. The number of nitrogen functional groups attached to an aromatic ring is 1. The maximum Gasteiger partial charge on any atom is 0.416 e. The van der Waals surface area contributed by atoms with Gasteiger partial charge in [0.05, 0.1) is 11.6 Å². The number of allylic oxidation sites excluding steroid dienone is 2. The summed E-state index contributed by atoms with van der Waals surface area (Å²) in [4.78, 5) is 4.31. The van der Waals surface area contributed by atoms with Gasteiger partial charge in [-0.25, -0.2) is 9.50 Å². The van der Waals surface area contributed by atoms with Crippen LogP contribution in [0.4, 0.5) is 24.7 Å². The molecular weight excluding hydrogens is 379 g/mol. The molecule has 5 nitrogen and oxygen atoms in total. The molecule has 0 unspecified atom stereocenters. The number of hydrogen-bond donors (Lipinski definition) is 2. The van der Waals surface area contributed by atoms with Crippen LogP contribution in [-0.4, -0.2) is 14.6 Å². The Morgan fingerprint density at radius 1 is 1.17 bits per heavy atom. The van der Waals surface area contributed by atoms with Crippen LogP contribution < -0.4 is 11.1 Å². The van der Waals surface area contributed by atoms with Gasteiger partial charge in [-0.2, -0.15) is 18.3 Å². The first-order valence-corrected chi connectivity index (χ1v) is 9.58. The first-order chi connectivity index (χ1) is 13.8. The van der Waals surface area contributed by atoms with Crippen molar-refractivity contribution < 1.29 is 13.2 Å². The van der Waals surface area contributed by atoms with Crippen LogP contribution in [0.15, 0.2) is 42.9 Å². The highest BCUT2D eigenvalue weighted by Crippen LogP contribution is 2.34. The molecule has 0 radical (unpaired) electrons. The van der Waals surface area contributed by atoms with Gasteiger partial charge in [0.15, 0.2) is 5.82 Å². The zero-order chi connectivity index (χ0) is 20.6. The van der Waals surface area contributed by atoms with Crippen LogP contribution in [0.3, 0.4) is 0 Å². The quantitative estimate of drug-likeness (QED) is 0.570. The number of hydrogen-bond acceptors (Lipinski definition) is 4. The maximum absolute atomic E-state index is 13.1. The fraction of sp³-hybridized carbons (Fsp3) is 0.333. The van der Waals surface area contributed by atoms with E-state index in [0.717, 1.165) is 36.1 Å². The lowest BCUT2D eigenvalue weighted by Crippen LogP contribution is -2.12. The first kappa shape index (κ1) is 19.3. The van der Waals surface area contributed by atoms with Gasteiger partial charge in [0, 0.05) is 11.9 Å². The lowest BCUT2D eigenvalue weighted by atomic mass is 9.95. The molecule has 1 aromatic carbocycles. The van der Waals surface area contributed by atoms with E-state index >= 15 is 0 Å². The normalized spacial score (nSPS) is 15.9. The SMILES string of the molecule is C[C@@H](Nc1ncnn2cc(C3=CCCCC3)cc12)c1cc(N)cc(C(F)(F)F)c1. The molecule has 0 saturated carbocycles. The summed E-state index contributed by atoms with van der Waals surface area (Å²) in [7, 11) is 0. The predicted molar refractivity (Wildman–Crippen MR) is 107 cm³/mol. The fourth-order valence-corrected chi connectivity index (χ4v) is 3.70. The maximum atomic E-state index is 13.1. The van der Waals surface area contributed by atoms with Crippen molar-refractivity contribution in [3.8, 4) is 0 Å². The van der Waals surface area contributed by atoms with E-state index in [1.54, 1.807) is 17.5 Å². The van der Waals surface area contributed by atoms with Crippen molar-refractivity contribution in [1.82, 2.24) is 14.6 Å². The van der Waals surface area contributed by atoms with Gasteiger partial charge in [-0.05, 0) is 73.6 Å². The van der Waals surface area contributed by atoms with E-state index in [1.165, 1.54) is 24.7 Å². The van der Waals surface area contributed by atoms with Crippen molar-refractivity contribution in [1.29, 1.82) is 0 Å². The number of alkyl halides is 3. The Labute approximate surface area is 166 Å². The second-order valence-electron chi connectivity index (χ2n) is 7.39. The zero-order valence-electron chi connectivity index (χ0n) is 16.0. The van der Waals surface area contributed by atoms with Crippen LogP contribution in [0.1, 0.15) is 55.3 Å². The Kier molecular flexibility index (Phi) is 4.94. The summed E-state index contributed by atoms with van der Waals surface area (Å²) in [6.45, 7) is 1.78. The zero-order valence-corrected chi connectivity index (χ0v) is 16.0. The van der Waals surface area contributed by atoms with Crippen molar-refractivity contribution in [3.63, 3.8) is 0 Å². The van der Waals surface area contributed by atoms with E-state index in [4.69, 9.17) is 5.73 Å². The lowest BCUT2D eigenvalue weighted by Gasteiger charge is -2.18. The molecule has 3 N–H and O–H groups in total. The van der Waals surface area contributed by atoms with E-state index in [-0.39, 0.29) is 5.69 Å². The molecule has 0 amide bonds. The minimum absolute atomic E-state index is 0.0746. The monoisotopic (exact) mass is 401 g/mol. The third kappa shape index (κ3) is 4.06. The van der Waals surface area contributed by atoms with Gasteiger partial charge in [-0.1, -0.05) is 6.08 Å². The van der Waals surface area contributed by atoms with Gasteiger partial charge in [-0.15, -0.1) is 0 Å². The average Bonchev–Trinajstić information content (AvgIpc) is 3.13. The molecular formula is C21H22F3N5. The molecule has 0 saturated heterocycles. The van der Waals surface area contributed by atoms with E-state index in [9.17, 15) is 13.2 Å². The summed E-state index contributed by atoms with van der Waals surface area (Å²) < 4.78 is 41.1. The van der Waals surface area contributed by atoms with Crippen LogP contribution in [0.25, 0.3) is 11.1 Å². The molecule has 1 aliphatic carbocycles. The third-order valence-corrected chi connectivity index (χ3v) is 5.23. The highest BCUT2D eigenvalue weighted by Gasteiger charge is 2.31. The number of nitrogens with two attached hydrogens (primary N) is 1. The number of rotatable bonds is 4. The van der Waals surface area contributed by atoms with Crippen molar-refractivity contribution in [2.75, 3.05) is 11.1 Å². The van der Waals surface area contributed by atoms with Gasteiger partial charge in [-0.3, -0.25) is 0 Å². The minimum Gasteiger partial charge on any atom is -0.399 e. The largest absolute Gasteiger partial charge is 0.416 e. The molecule has 29 heavy (non-hydrogen) atoms. The summed E-state index contributed by atoms with van der Waals surface area (Å²) in [6, 6.07) is 5.19. The summed E-state index contributed by atoms with van der Waals surface area (Å²) in [5.41, 5.74) is 8.63. The summed E-state index contributed by atoms with van der Waals surface area (Å²) >= 11 is 0. The van der Waals surface area contributed by atoms with Gasteiger partial charge >= 0.3 is 6.18 Å². The Hall–Kier alpha value is -3.03. The number of fused-ring (bicyclic) bond motifs is 1. The number of nitrogens with one attached hydrogen (secondary N) is 1. The molecule has 0 spiro atoms. The predicted octanol–water partition coefficient (Wildman–Crippen LogP) is 5.46. The van der Waals surface area contributed by atoms with Gasteiger partial charge in [0.1, 0.15) is 11.8 Å². The molecule has 8 heteroatoms. The molecule has 152 valence electrons. The number of anilines is 2. The van der Waals surface area contributed by atoms with Crippen molar-refractivity contribution in [2.45, 2.75) is 44.8 Å². The van der Waals surface area contributed by atoms with Gasteiger partial charge in [0.2, 0.25) is 0 Å². The highest BCUT2D eigenvalue weighted by molar-refractivity contribution is 5.76. The summed E-state index contributed by atoms with van der Waals surface area (Å²) in [5, 5.41) is 7.48. The second-order valence-corrected chi connectivity index (χ2v) is 7.39. The Bertz CT molecular complexity index is 1070. The van der Waals surface area contributed by atoms with Crippen LogP contribution in [-0.2, 0) is 6.18 Å². The number of benzene rings is 1. The van der Waals surface area contributed by atoms with Crippen LogP contribution in [0.5, 0.6) is 0 Å². The minimum atomic E-state index is -4.45. The van der Waals surface area contributed by atoms with Crippen molar-refractivity contribution >= 4 is 22.6 Å². The standard InChI is InChI=1S/C21H22F3N5/c1-13(15-7-17(21(22,23)24)10-18(25)8-15)28-20-19-9-16(11-29(19)27-12-26-20)14-5-3-2-4-6-14/h5,7-13H,2-4,6,25H2,1H3,(H,26,27,28)/t13-/m1/s1. The van der Waals surface area contributed by atoms with Gasteiger partial charge in [0.25, 0.3) is 0 Å². The molecule has 2 aromatic heterocycles. The Morgan fingerprint density at radius 3 is 2.72 bits per heavy atom. The fourth-order valence-electron chi connectivity index (χ4n) is 3.70. The molecule has 0 fully saturated rings. The molecule has 4 rings (SSSR count). The Balaban J connectivity index is 1.65.